The standard InChI is InChI=1S/C19H16FNO2/c1-13-2-11-18(15-5-7-16(20)8-6-15)21(13)17-9-3-14(4-10-17)12-19(22)23/h2-11H,12H2,1H3,(H,22,23). The number of hydrogen-bond acceptors (Lipinski definition) is 1. The summed E-state index contributed by atoms with van der Waals surface area (Å²) in [6.07, 6.45) is 0.00968. The largest absolute Gasteiger partial charge is 0.481 e. The molecule has 0 saturated carbocycles. The van der Waals surface area contributed by atoms with Crippen molar-refractivity contribution in [2.45, 2.75) is 13.3 Å². The second-order valence-electron chi connectivity index (χ2n) is 5.44. The number of carboxylic acids is 1. The lowest BCUT2D eigenvalue weighted by Gasteiger charge is -2.13. The first kappa shape index (κ1) is 15.0. The quantitative estimate of drug-likeness (QED) is 0.784. The van der Waals surface area contributed by atoms with Crippen molar-refractivity contribution in [2.75, 3.05) is 0 Å². The van der Waals surface area contributed by atoms with Crippen LogP contribution in [0.15, 0.2) is 60.7 Å². The van der Waals surface area contributed by atoms with Crippen LogP contribution in [0.25, 0.3) is 16.9 Å². The van der Waals surface area contributed by atoms with Gasteiger partial charge in [-0.3, -0.25) is 4.79 Å². The van der Waals surface area contributed by atoms with E-state index in [1.807, 2.05) is 43.3 Å². The van der Waals surface area contributed by atoms with E-state index in [0.717, 1.165) is 28.2 Å². The molecule has 0 spiro atoms. The first-order valence-corrected chi connectivity index (χ1v) is 7.30. The highest BCUT2D eigenvalue weighted by Crippen LogP contribution is 2.26. The average molecular weight is 309 g/mol. The van der Waals surface area contributed by atoms with E-state index in [2.05, 4.69) is 4.57 Å². The lowest BCUT2D eigenvalue weighted by molar-refractivity contribution is -0.136. The van der Waals surface area contributed by atoms with E-state index >= 15 is 0 Å². The lowest BCUT2D eigenvalue weighted by atomic mass is 10.1. The van der Waals surface area contributed by atoms with E-state index in [0.29, 0.717) is 0 Å². The van der Waals surface area contributed by atoms with Gasteiger partial charge < -0.3 is 9.67 Å². The molecule has 2 aromatic carbocycles. The van der Waals surface area contributed by atoms with Crippen molar-refractivity contribution in [1.82, 2.24) is 4.57 Å². The number of nitrogens with zero attached hydrogens (tertiary/aromatic N) is 1. The molecule has 0 aliphatic heterocycles. The monoisotopic (exact) mass is 309 g/mol. The number of hydrogen-bond donors (Lipinski definition) is 1. The number of halogens is 1. The van der Waals surface area contributed by atoms with Crippen molar-refractivity contribution in [2.24, 2.45) is 0 Å². The van der Waals surface area contributed by atoms with Crippen LogP contribution in [0.3, 0.4) is 0 Å². The van der Waals surface area contributed by atoms with Gasteiger partial charge >= 0.3 is 5.97 Å². The smallest absolute Gasteiger partial charge is 0.307 e. The minimum absolute atomic E-state index is 0.00968. The summed E-state index contributed by atoms with van der Waals surface area (Å²) < 4.78 is 15.2. The van der Waals surface area contributed by atoms with E-state index in [1.165, 1.54) is 12.1 Å². The first-order chi connectivity index (χ1) is 11.0. The molecule has 0 bridgehead atoms. The molecule has 0 radical (unpaired) electrons. The Hall–Kier alpha value is -2.88. The van der Waals surface area contributed by atoms with Crippen LogP contribution in [-0.4, -0.2) is 15.6 Å². The second-order valence-corrected chi connectivity index (χ2v) is 5.44. The average Bonchev–Trinajstić information content (AvgIpc) is 2.90. The number of aryl methyl sites for hydroxylation is 1. The Labute approximate surface area is 133 Å². The Morgan fingerprint density at radius 3 is 2.26 bits per heavy atom. The molecule has 0 unspecified atom stereocenters. The predicted molar refractivity (Wildman–Crippen MR) is 87.2 cm³/mol. The normalized spacial score (nSPS) is 10.7. The van der Waals surface area contributed by atoms with E-state index in [-0.39, 0.29) is 12.2 Å². The molecule has 0 fully saturated rings. The SMILES string of the molecule is Cc1ccc(-c2ccc(F)cc2)n1-c1ccc(CC(=O)O)cc1. The molecule has 116 valence electrons. The molecule has 3 aromatic rings. The highest BCUT2D eigenvalue weighted by atomic mass is 19.1. The molecular weight excluding hydrogens is 293 g/mol. The molecule has 0 amide bonds. The molecular formula is C19H16FNO2. The molecule has 3 nitrogen and oxygen atoms in total. The van der Waals surface area contributed by atoms with Gasteiger partial charge in [-0.2, -0.15) is 0 Å². The van der Waals surface area contributed by atoms with Gasteiger partial charge in [0.25, 0.3) is 0 Å². The van der Waals surface area contributed by atoms with Gasteiger partial charge in [-0.1, -0.05) is 12.1 Å². The van der Waals surface area contributed by atoms with Gasteiger partial charge in [0.1, 0.15) is 5.82 Å². The van der Waals surface area contributed by atoms with Crippen LogP contribution in [0.5, 0.6) is 0 Å². The summed E-state index contributed by atoms with van der Waals surface area (Å²) >= 11 is 0. The van der Waals surface area contributed by atoms with Gasteiger partial charge in [0.2, 0.25) is 0 Å². The third-order valence-corrected chi connectivity index (χ3v) is 3.77. The van der Waals surface area contributed by atoms with Crippen molar-refractivity contribution in [1.29, 1.82) is 0 Å². The van der Waals surface area contributed by atoms with Gasteiger partial charge in [-0.15, -0.1) is 0 Å². The molecule has 4 heteroatoms. The highest BCUT2D eigenvalue weighted by Gasteiger charge is 2.10. The van der Waals surface area contributed by atoms with E-state index in [1.54, 1.807) is 12.1 Å². The third kappa shape index (κ3) is 3.16. The molecule has 1 heterocycles. The van der Waals surface area contributed by atoms with Crippen LogP contribution in [0.1, 0.15) is 11.3 Å². The number of carbonyl (C=O) groups is 1. The van der Waals surface area contributed by atoms with Crippen LogP contribution in [0, 0.1) is 12.7 Å². The van der Waals surface area contributed by atoms with Crippen molar-refractivity contribution in [3.8, 4) is 16.9 Å². The molecule has 3 rings (SSSR count). The predicted octanol–water partition coefficient (Wildman–Crippen LogP) is 4.22. The Kier molecular flexibility index (Phi) is 3.98. The summed E-state index contributed by atoms with van der Waals surface area (Å²) in [6, 6.07) is 17.8. The van der Waals surface area contributed by atoms with E-state index in [4.69, 9.17) is 5.11 Å². The van der Waals surface area contributed by atoms with Gasteiger partial charge in [0.15, 0.2) is 0 Å². The Balaban J connectivity index is 2.01. The third-order valence-electron chi connectivity index (χ3n) is 3.77. The summed E-state index contributed by atoms with van der Waals surface area (Å²) in [5, 5.41) is 8.84. The fourth-order valence-corrected chi connectivity index (χ4v) is 2.66. The fourth-order valence-electron chi connectivity index (χ4n) is 2.66. The summed E-state index contributed by atoms with van der Waals surface area (Å²) in [4.78, 5) is 10.8. The van der Waals surface area contributed by atoms with Crippen molar-refractivity contribution >= 4 is 5.97 Å². The molecule has 0 aliphatic carbocycles. The summed E-state index contributed by atoms with van der Waals surface area (Å²) in [5.74, 6) is -1.11. The maximum Gasteiger partial charge on any atom is 0.307 e. The van der Waals surface area contributed by atoms with E-state index in [9.17, 15) is 9.18 Å². The first-order valence-electron chi connectivity index (χ1n) is 7.30. The molecule has 0 atom stereocenters. The molecule has 0 saturated heterocycles. The van der Waals surface area contributed by atoms with Gasteiger partial charge in [0.05, 0.1) is 12.1 Å². The number of carboxylic acid groups (broad SMARTS) is 1. The van der Waals surface area contributed by atoms with Crippen LogP contribution in [-0.2, 0) is 11.2 Å². The molecule has 23 heavy (non-hydrogen) atoms. The summed E-state index contributed by atoms with van der Waals surface area (Å²) in [7, 11) is 0. The Bertz CT molecular complexity index is 833. The molecule has 1 aromatic heterocycles. The highest BCUT2D eigenvalue weighted by molar-refractivity contribution is 5.70. The number of aromatic nitrogens is 1. The van der Waals surface area contributed by atoms with Crippen molar-refractivity contribution in [3.05, 3.63) is 77.7 Å². The Morgan fingerprint density at radius 2 is 1.65 bits per heavy atom. The van der Waals surface area contributed by atoms with Crippen molar-refractivity contribution in [3.63, 3.8) is 0 Å². The Morgan fingerprint density at radius 1 is 1.00 bits per heavy atom. The summed E-state index contributed by atoms with van der Waals surface area (Å²) in [6.45, 7) is 2.00. The van der Waals surface area contributed by atoms with Crippen LogP contribution in [0.2, 0.25) is 0 Å². The van der Waals surface area contributed by atoms with Crippen LogP contribution < -0.4 is 0 Å². The number of aliphatic carboxylic acids is 1. The zero-order chi connectivity index (χ0) is 16.4. The minimum Gasteiger partial charge on any atom is -0.481 e. The maximum absolute atomic E-state index is 13.1. The van der Waals surface area contributed by atoms with Crippen LogP contribution >= 0.6 is 0 Å². The molecule has 1 N–H and O–H groups in total. The number of rotatable bonds is 4. The zero-order valence-corrected chi connectivity index (χ0v) is 12.7. The fraction of sp³-hybridized carbons (Fsp3) is 0.105. The zero-order valence-electron chi connectivity index (χ0n) is 12.7. The van der Waals surface area contributed by atoms with Gasteiger partial charge in [0, 0.05) is 11.4 Å². The van der Waals surface area contributed by atoms with E-state index < -0.39 is 5.97 Å². The van der Waals surface area contributed by atoms with Crippen molar-refractivity contribution < 1.29 is 14.3 Å². The number of benzene rings is 2. The second kappa shape index (κ2) is 6.08. The topological polar surface area (TPSA) is 42.2 Å². The lowest BCUT2D eigenvalue weighted by Crippen LogP contribution is -2.02. The maximum atomic E-state index is 13.1. The van der Waals surface area contributed by atoms with Crippen LogP contribution in [0.4, 0.5) is 4.39 Å². The minimum atomic E-state index is -0.845. The summed E-state index contributed by atoms with van der Waals surface area (Å²) in [5.41, 5.74) is 4.65. The molecule has 0 aliphatic rings. The van der Waals surface area contributed by atoms with Gasteiger partial charge in [-0.05, 0) is 66.6 Å². The van der Waals surface area contributed by atoms with Gasteiger partial charge in [-0.25, -0.2) is 4.39 Å².